The number of aryl methyl sites for hydroxylation is 1. The van der Waals surface area contributed by atoms with Crippen LogP contribution in [0.15, 0.2) is 43.0 Å². The molecule has 0 radical (unpaired) electrons. The quantitative estimate of drug-likeness (QED) is 0.763. The number of hydrogen-bond acceptors (Lipinski definition) is 3. The van der Waals surface area contributed by atoms with Crippen LogP contribution in [-0.2, 0) is 6.54 Å². The van der Waals surface area contributed by atoms with Crippen LogP contribution < -0.4 is 5.32 Å². The van der Waals surface area contributed by atoms with E-state index in [0.29, 0.717) is 12.1 Å². The van der Waals surface area contributed by atoms with Gasteiger partial charge in [0.05, 0.1) is 17.4 Å². The van der Waals surface area contributed by atoms with Gasteiger partial charge in [0.2, 0.25) is 0 Å². The Labute approximate surface area is 116 Å². The second-order valence-corrected chi connectivity index (χ2v) is 4.62. The second kappa shape index (κ2) is 5.13. The van der Waals surface area contributed by atoms with Gasteiger partial charge in [-0.25, -0.2) is 4.98 Å². The van der Waals surface area contributed by atoms with Crippen LogP contribution in [0.25, 0.3) is 11.0 Å². The molecule has 2 N–H and O–H groups in total. The number of fused-ring (bicyclic) bond motifs is 1. The highest BCUT2D eigenvalue weighted by Gasteiger charge is 2.07. The molecule has 3 rings (SSSR count). The Hall–Kier alpha value is -2.69. The minimum absolute atomic E-state index is 0.107. The molecule has 2 heterocycles. The Morgan fingerprint density at radius 3 is 3.10 bits per heavy atom. The third-order valence-corrected chi connectivity index (χ3v) is 3.27. The highest BCUT2D eigenvalue weighted by atomic mass is 16.1. The van der Waals surface area contributed by atoms with Crippen molar-refractivity contribution in [3.05, 3.63) is 59.7 Å². The van der Waals surface area contributed by atoms with E-state index in [1.807, 2.05) is 19.1 Å². The van der Waals surface area contributed by atoms with Gasteiger partial charge in [0.1, 0.15) is 0 Å². The molecule has 0 atom stereocenters. The molecule has 1 amide bonds. The van der Waals surface area contributed by atoms with Gasteiger partial charge in [-0.05, 0) is 42.3 Å². The first-order valence-corrected chi connectivity index (χ1v) is 6.35. The van der Waals surface area contributed by atoms with Gasteiger partial charge in [-0.2, -0.15) is 0 Å². The molecule has 20 heavy (non-hydrogen) atoms. The van der Waals surface area contributed by atoms with E-state index in [0.717, 1.165) is 22.2 Å². The van der Waals surface area contributed by atoms with Crippen LogP contribution in [0.4, 0.5) is 0 Å². The summed E-state index contributed by atoms with van der Waals surface area (Å²) in [4.78, 5) is 23.3. The lowest BCUT2D eigenvalue weighted by Gasteiger charge is -2.07. The Bertz CT molecular complexity index is 763. The predicted octanol–water partition coefficient (Wildman–Crippen LogP) is 2.20. The minimum atomic E-state index is -0.107. The Morgan fingerprint density at radius 2 is 2.25 bits per heavy atom. The van der Waals surface area contributed by atoms with Gasteiger partial charge in [-0.15, -0.1) is 0 Å². The van der Waals surface area contributed by atoms with E-state index in [4.69, 9.17) is 0 Å². The topological polar surface area (TPSA) is 70.7 Å². The second-order valence-electron chi connectivity index (χ2n) is 4.62. The number of nitrogens with zero attached hydrogens (tertiary/aromatic N) is 2. The van der Waals surface area contributed by atoms with E-state index in [1.165, 1.54) is 0 Å². The van der Waals surface area contributed by atoms with E-state index in [2.05, 4.69) is 20.3 Å². The number of aromatic amines is 1. The first kappa shape index (κ1) is 12.3. The van der Waals surface area contributed by atoms with Gasteiger partial charge in [0.15, 0.2) is 0 Å². The van der Waals surface area contributed by atoms with E-state index >= 15 is 0 Å². The summed E-state index contributed by atoms with van der Waals surface area (Å²) in [5.74, 6) is -0.107. The molecule has 0 aliphatic carbocycles. The van der Waals surface area contributed by atoms with Gasteiger partial charge in [0.25, 0.3) is 5.91 Å². The molecular weight excluding hydrogens is 252 g/mol. The molecule has 0 saturated heterocycles. The molecule has 1 aromatic carbocycles. The van der Waals surface area contributed by atoms with E-state index in [9.17, 15) is 4.79 Å². The van der Waals surface area contributed by atoms with Crippen molar-refractivity contribution in [2.45, 2.75) is 13.5 Å². The molecule has 0 aliphatic heterocycles. The number of H-pyrrole nitrogens is 1. The van der Waals surface area contributed by atoms with Crippen LogP contribution in [0.3, 0.4) is 0 Å². The molecule has 0 saturated carbocycles. The third kappa shape index (κ3) is 2.38. The normalized spacial score (nSPS) is 10.7. The lowest BCUT2D eigenvalue weighted by Crippen LogP contribution is -2.23. The van der Waals surface area contributed by atoms with Crippen LogP contribution in [0.5, 0.6) is 0 Å². The maximum Gasteiger partial charge on any atom is 0.251 e. The van der Waals surface area contributed by atoms with Crippen molar-refractivity contribution in [2.24, 2.45) is 0 Å². The van der Waals surface area contributed by atoms with Crippen molar-refractivity contribution < 1.29 is 4.79 Å². The van der Waals surface area contributed by atoms with Crippen molar-refractivity contribution in [3.8, 4) is 0 Å². The van der Waals surface area contributed by atoms with Gasteiger partial charge in [-0.1, -0.05) is 0 Å². The molecular formula is C15H14N4O. The van der Waals surface area contributed by atoms with Crippen molar-refractivity contribution in [3.63, 3.8) is 0 Å². The summed E-state index contributed by atoms with van der Waals surface area (Å²) in [6.45, 7) is 2.47. The Kier molecular flexibility index (Phi) is 3.16. The summed E-state index contributed by atoms with van der Waals surface area (Å²) in [5.41, 5.74) is 4.45. The SMILES string of the molecule is Cc1ccncc1CNC(=O)c1ccc2nc[nH]c2c1. The summed E-state index contributed by atoms with van der Waals surface area (Å²) < 4.78 is 0. The van der Waals surface area contributed by atoms with Crippen LogP contribution in [-0.4, -0.2) is 20.9 Å². The van der Waals surface area contributed by atoms with Crippen molar-refractivity contribution in [1.29, 1.82) is 0 Å². The largest absolute Gasteiger partial charge is 0.348 e. The molecule has 0 fully saturated rings. The van der Waals surface area contributed by atoms with Crippen molar-refractivity contribution in [1.82, 2.24) is 20.3 Å². The fourth-order valence-corrected chi connectivity index (χ4v) is 2.04. The summed E-state index contributed by atoms with van der Waals surface area (Å²) in [6.07, 6.45) is 5.13. The number of pyridine rings is 1. The average molecular weight is 266 g/mol. The van der Waals surface area contributed by atoms with Crippen LogP contribution >= 0.6 is 0 Å². The average Bonchev–Trinajstić information content (AvgIpc) is 2.93. The molecule has 100 valence electrons. The highest BCUT2D eigenvalue weighted by molar-refractivity contribution is 5.97. The smallest absolute Gasteiger partial charge is 0.251 e. The first-order chi connectivity index (χ1) is 9.74. The zero-order valence-corrected chi connectivity index (χ0v) is 11.1. The summed E-state index contributed by atoms with van der Waals surface area (Å²) in [5, 5.41) is 2.90. The maximum atomic E-state index is 12.1. The third-order valence-electron chi connectivity index (χ3n) is 3.27. The standard InChI is InChI=1S/C15H14N4O/c1-10-4-5-16-7-12(10)8-17-15(20)11-2-3-13-14(6-11)19-9-18-13/h2-7,9H,8H2,1H3,(H,17,20)(H,18,19). The molecule has 5 heteroatoms. The fraction of sp³-hybridized carbons (Fsp3) is 0.133. The fourth-order valence-electron chi connectivity index (χ4n) is 2.04. The van der Waals surface area contributed by atoms with E-state index in [-0.39, 0.29) is 5.91 Å². The number of nitrogens with one attached hydrogen (secondary N) is 2. The van der Waals surface area contributed by atoms with Crippen LogP contribution in [0.2, 0.25) is 0 Å². The van der Waals surface area contributed by atoms with Gasteiger partial charge in [0, 0.05) is 24.5 Å². The number of amides is 1. The number of carbonyl (C=O) groups excluding carboxylic acids is 1. The van der Waals surface area contributed by atoms with Gasteiger partial charge >= 0.3 is 0 Å². The Morgan fingerprint density at radius 1 is 1.35 bits per heavy atom. The lowest BCUT2D eigenvalue weighted by molar-refractivity contribution is 0.0951. The Balaban J connectivity index is 1.74. The number of imidazole rings is 1. The number of benzene rings is 1. The molecule has 0 bridgehead atoms. The summed E-state index contributed by atoms with van der Waals surface area (Å²) in [7, 11) is 0. The molecule has 0 unspecified atom stereocenters. The zero-order chi connectivity index (χ0) is 13.9. The number of rotatable bonds is 3. The monoisotopic (exact) mass is 266 g/mol. The van der Waals surface area contributed by atoms with Crippen LogP contribution in [0, 0.1) is 6.92 Å². The molecule has 0 spiro atoms. The predicted molar refractivity (Wildman–Crippen MR) is 76.2 cm³/mol. The molecule has 3 aromatic rings. The highest BCUT2D eigenvalue weighted by Crippen LogP contribution is 2.12. The molecule has 0 aliphatic rings. The maximum absolute atomic E-state index is 12.1. The lowest BCUT2D eigenvalue weighted by atomic mass is 10.1. The van der Waals surface area contributed by atoms with Crippen molar-refractivity contribution >= 4 is 16.9 Å². The number of aromatic nitrogens is 3. The first-order valence-electron chi connectivity index (χ1n) is 6.35. The minimum Gasteiger partial charge on any atom is -0.348 e. The van der Waals surface area contributed by atoms with E-state index in [1.54, 1.807) is 30.9 Å². The van der Waals surface area contributed by atoms with Gasteiger partial charge < -0.3 is 10.3 Å². The summed E-state index contributed by atoms with van der Waals surface area (Å²) >= 11 is 0. The van der Waals surface area contributed by atoms with Crippen LogP contribution in [0.1, 0.15) is 21.5 Å². The zero-order valence-electron chi connectivity index (χ0n) is 11.1. The number of hydrogen-bond donors (Lipinski definition) is 2. The molecule has 2 aromatic heterocycles. The van der Waals surface area contributed by atoms with Crippen molar-refractivity contribution in [2.75, 3.05) is 0 Å². The van der Waals surface area contributed by atoms with Gasteiger partial charge in [-0.3, -0.25) is 9.78 Å². The number of carbonyl (C=O) groups is 1. The molecule has 5 nitrogen and oxygen atoms in total. The summed E-state index contributed by atoms with van der Waals surface area (Å²) in [6, 6.07) is 7.33. The van der Waals surface area contributed by atoms with E-state index < -0.39 is 0 Å².